The van der Waals surface area contributed by atoms with Gasteiger partial charge in [0, 0.05) is 19.0 Å². The average molecular weight is 183 g/mol. The molecule has 0 saturated carbocycles. The quantitative estimate of drug-likeness (QED) is 0.549. The van der Waals surface area contributed by atoms with Gasteiger partial charge in [0.15, 0.2) is 0 Å². The molecule has 4 nitrogen and oxygen atoms in total. The summed E-state index contributed by atoms with van der Waals surface area (Å²) >= 11 is 0. The van der Waals surface area contributed by atoms with Crippen molar-refractivity contribution in [3.63, 3.8) is 0 Å². The van der Waals surface area contributed by atoms with Crippen LogP contribution in [0, 0.1) is 17.2 Å². The number of nitrogens with zero attached hydrogens (tertiary/aromatic N) is 1. The lowest BCUT2D eigenvalue weighted by molar-refractivity contribution is 0.203. The summed E-state index contributed by atoms with van der Waals surface area (Å²) in [6.07, 6.45) is 0.810. The van der Waals surface area contributed by atoms with Gasteiger partial charge in [0.05, 0.1) is 12.7 Å². The Kier molecular flexibility index (Phi) is 3.67. The van der Waals surface area contributed by atoms with E-state index in [1.165, 1.54) is 0 Å². The zero-order valence-corrected chi connectivity index (χ0v) is 8.01. The number of rotatable bonds is 3. The Morgan fingerprint density at radius 1 is 1.77 bits per heavy atom. The molecule has 0 aromatic rings. The van der Waals surface area contributed by atoms with E-state index in [0.717, 1.165) is 19.5 Å². The molecule has 0 radical (unpaired) electrons. The van der Waals surface area contributed by atoms with Crippen molar-refractivity contribution in [2.75, 3.05) is 26.2 Å². The van der Waals surface area contributed by atoms with Crippen LogP contribution in [0.25, 0.3) is 0 Å². The molecule has 13 heavy (non-hydrogen) atoms. The Bertz CT molecular complexity index is 202. The summed E-state index contributed by atoms with van der Waals surface area (Å²) in [5.74, 6) is 0.290. The molecule has 1 rings (SSSR count). The summed E-state index contributed by atoms with van der Waals surface area (Å²) < 4.78 is 0. The normalized spacial score (nSPS) is 34.1. The lowest BCUT2D eigenvalue weighted by atomic mass is 9.81. The molecule has 1 fully saturated rings. The average Bonchev–Trinajstić information content (AvgIpc) is 2.17. The van der Waals surface area contributed by atoms with Gasteiger partial charge in [-0.3, -0.25) is 5.32 Å². The predicted octanol–water partition coefficient (Wildman–Crippen LogP) is -0.540. The van der Waals surface area contributed by atoms with Crippen LogP contribution in [0.2, 0.25) is 0 Å². The van der Waals surface area contributed by atoms with E-state index in [9.17, 15) is 0 Å². The second-order valence-electron chi connectivity index (χ2n) is 3.59. The number of piperidine rings is 1. The molecule has 3 N–H and O–H groups in total. The highest BCUT2D eigenvalue weighted by atomic mass is 16.3. The van der Waals surface area contributed by atoms with Gasteiger partial charge in [-0.2, -0.15) is 5.26 Å². The minimum atomic E-state index is -0.437. The smallest absolute Gasteiger partial charge is 0.111 e. The number of nitriles is 1. The summed E-state index contributed by atoms with van der Waals surface area (Å²) in [5.41, 5.74) is -0.437. The Labute approximate surface area is 78.9 Å². The fraction of sp³-hybridized carbons (Fsp3) is 0.889. The number of hydrogen-bond acceptors (Lipinski definition) is 4. The highest BCUT2D eigenvalue weighted by Crippen LogP contribution is 2.22. The monoisotopic (exact) mass is 183 g/mol. The first-order valence-corrected chi connectivity index (χ1v) is 4.73. The zero-order chi connectivity index (χ0) is 9.73. The second-order valence-corrected chi connectivity index (χ2v) is 3.59. The first-order chi connectivity index (χ1) is 6.25. The van der Waals surface area contributed by atoms with Crippen LogP contribution in [-0.4, -0.2) is 36.9 Å². The zero-order valence-electron chi connectivity index (χ0n) is 8.01. The van der Waals surface area contributed by atoms with E-state index in [2.05, 4.69) is 23.6 Å². The highest BCUT2D eigenvalue weighted by molar-refractivity contribution is 5.12. The van der Waals surface area contributed by atoms with Crippen molar-refractivity contribution in [3.8, 4) is 6.07 Å². The van der Waals surface area contributed by atoms with Gasteiger partial charge in [0.1, 0.15) is 5.54 Å². The van der Waals surface area contributed by atoms with Crippen LogP contribution in [0.3, 0.4) is 0 Å². The van der Waals surface area contributed by atoms with E-state index < -0.39 is 5.54 Å². The molecule has 4 heteroatoms. The summed E-state index contributed by atoms with van der Waals surface area (Å²) in [6.45, 7) is 4.38. The van der Waals surface area contributed by atoms with E-state index in [0.29, 0.717) is 6.54 Å². The SMILES string of the molecule is CC1CNCCC1(C#N)NCCO. The maximum Gasteiger partial charge on any atom is 0.111 e. The van der Waals surface area contributed by atoms with Gasteiger partial charge >= 0.3 is 0 Å². The molecular formula is C9H17N3O. The molecule has 2 unspecified atom stereocenters. The second kappa shape index (κ2) is 4.56. The van der Waals surface area contributed by atoms with Crippen molar-refractivity contribution < 1.29 is 5.11 Å². The number of aliphatic hydroxyl groups excluding tert-OH is 1. The first-order valence-electron chi connectivity index (χ1n) is 4.73. The first kappa shape index (κ1) is 10.5. The molecule has 0 spiro atoms. The number of hydrogen-bond donors (Lipinski definition) is 3. The minimum absolute atomic E-state index is 0.0869. The Morgan fingerprint density at radius 3 is 3.08 bits per heavy atom. The molecule has 0 aromatic carbocycles. The van der Waals surface area contributed by atoms with Gasteiger partial charge in [-0.15, -0.1) is 0 Å². The number of nitrogens with one attached hydrogen (secondary N) is 2. The van der Waals surface area contributed by atoms with E-state index >= 15 is 0 Å². The van der Waals surface area contributed by atoms with Crippen LogP contribution >= 0.6 is 0 Å². The van der Waals surface area contributed by atoms with Crippen molar-refractivity contribution in [1.82, 2.24) is 10.6 Å². The molecule has 0 amide bonds. The van der Waals surface area contributed by atoms with Crippen LogP contribution in [0.1, 0.15) is 13.3 Å². The standard InChI is InChI=1S/C9H17N3O/c1-8-6-11-3-2-9(8,7-10)12-4-5-13/h8,11-13H,2-6H2,1H3. The van der Waals surface area contributed by atoms with Crippen molar-refractivity contribution in [2.24, 2.45) is 5.92 Å². The largest absolute Gasteiger partial charge is 0.395 e. The molecule has 0 bridgehead atoms. The van der Waals surface area contributed by atoms with Crippen molar-refractivity contribution in [1.29, 1.82) is 5.26 Å². The number of β-amino-alcohol motifs (C(OH)–C–C–N with tert-alkyl or cyclic N) is 1. The molecule has 0 aromatic heterocycles. The van der Waals surface area contributed by atoms with Gasteiger partial charge in [-0.25, -0.2) is 0 Å². The van der Waals surface area contributed by atoms with Gasteiger partial charge in [0.2, 0.25) is 0 Å². The summed E-state index contributed by atoms with van der Waals surface area (Å²) in [7, 11) is 0. The third-order valence-electron chi connectivity index (χ3n) is 2.74. The molecule has 1 heterocycles. The topological polar surface area (TPSA) is 68.1 Å². The third kappa shape index (κ3) is 2.19. The molecule has 74 valence electrons. The molecular weight excluding hydrogens is 166 g/mol. The van der Waals surface area contributed by atoms with E-state index in [4.69, 9.17) is 10.4 Å². The molecule has 1 aliphatic heterocycles. The third-order valence-corrected chi connectivity index (χ3v) is 2.74. The Hall–Kier alpha value is -0.630. The number of aliphatic hydroxyl groups is 1. The summed E-state index contributed by atoms with van der Waals surface area (Å²) in [5, 5.41) is 24.2. The maximum atomic E-state index is 9.12. The van der Waals surface area contributed by atoms with E-state index in [1.54, 1.807) is 0 Å². The fourth-order valence-electron chi connectivity index (χ4n) is 1.77. The van der Waals surface area contributed by atoms with Crippen LogP contribution < -0.4 is 10.6 Å². The van der Waals surface area contributed by atoms with Crippen LogP contribution in [-0.2, 0) is 0 Å². The van der Waals surface area contributed by atoms with Gasteiger partial charge in [-0.05, 0) is 13.0 Å². The Balaban J connectivity index is 2.60. The molecule has 2 atom stereocenters. The summed E-state index contributed by atoms with van der Waals surface area (Å²) in [6, 6.07) is 2.34. The lowest BCUT2D eigenvalue weighted by Gasteiger charge is -2.38. The van der Waals surface area contributed by atoms with E-state index in [-0.39, 0.29) is 12.5 Å². The van der Waals surface area contributed by atoms with Gasteiger partial charge < -0.3 is 10.4 Å². The van der Waals surface area contributed by atoms with Crippen molar-refractivity contribution in [2.45, 2.75) is 18.9 Å². The van der Waals surface area contributed by atoms with Gasteiger partial charge in [0.25, 0.3) is 0 Å². The maximum absolute atomic E-state index is 9.12. The van der Waals surface area contributed by atoms with Crippen molar-refractivity contribution in [3.05, 3.63) is 0 Å². The highest BCUT2D eigenvalue weighted by Gasteiger charge is 2.37. The minimum Gasteiger partial charge on any atom is -0.395 e. The molecule has 1 aliphatic rings. The van der Waals surface area contributed by atoms with Crippen LogP contribution in [0.15, 0.2) is 0 Å². The molecule has 1 saturated heterocycles. The molecule has 0 aliphatic carbocycles. The summed E-state index contributed by atoms with van der Waals surface area (Å²) in [4.78, 5) is 0. The Morgan fingerprint density at radius 2 is 2.54 bits per heavy atom. The fourth-order valence-corrected chi connectivity index (χ4v) is 1.77. The lowest BCUT2D eigenvalue weighted by Crippen LogP contribution is -2.57. The van der Waals surface area contributed by atoms with Crippen LogP contribution in [0.4, 0.5) is 0 Å². The van der Waals surface area contributed by atoms with E-state index in [1.807, 2.05) is 0 Å². The van der Waals surface area contributed by atoms with Crippen LogP contribution in [0.5, 0.6) is 0 Å². The predicted molar refractivity (Wildman–Crippen MR) is 50.1 cm³/mol. The van der Waals surface area contributed by atoms with Crippen molar-refractivity contribution >= 4 is 0 Å². The van der Waals surface area contributed by atoms with Gasteiger partial charge in [-0.1, -0.05) is 6.92 Å².